The van der Waals surface area contributed by atoms with Crippen molar-refractivity contribution in [1.82, 2.24) is 0 Å². The summed E-state index contributed by atoms with van der Waals surface area (Å²) in [4.78, 5) is 0. The smallest absolute Gasteiger partial charge is 0.00197 e. The number of benzene rings is 12. The van der Waals surface area contributed by atoms with Gasteiger partial charge in [-0.2, -0.15) is 0 Å². The van der Waals surface area contributed by atoms with Crippen LogP contribution in [0.25, 0.3) is 120 Å². The lowest BCUT2D eigenvalue weighted by atomic mass is 9.82. The summed E-state index contributed by atoms with van der Waals surface area (Å²) in [5.41, 5.74) is 9.95. The van der Waals surface area contributed by atoms with Gasteiger partial charge in [0.25, 0.3) is 0 Å². The van der Waals surface area contributed by atoms with Gasteiger partial charge in [-0.25, -0.2) is 0 Å². The standard InChI is InChI=1S/C58H36/c1-4-18-43-37(14-1)17-13-27-44(43)42-32-33-53-56(36-42)58(55-35-41-16-3-6-20-46(41)48-22-8-10-24-50(48)55)52-26-12-11-25-51(52)57(53)39-30-28-38(29-31-39)54-34-40-15-2-5-19-45(40)47-21-7-9-23-49(47)54/h1-36H. The Hall–Kier alpha value is -7.54. The maximum Gasteiger partial charge on any atom is -0.00197 e. The van der Waals surface area contributed by atoms with Gasteiger partial charge >= 0.3 is 0 Å². The van der Waals surface area contributed by atoms with Gasteiger partial charge in [0.15, 0.2) is 0 Å². The molecule has 0 spiro atoms. The molecule has 12 aromatic rings. The zero-order valence-corrected chi connectivity index (χ0v) is 31.8. The van der Waals surface area contributed by atoms with Crippen molar-refractivity contribution in [1.29, 1.82) is 0 Å². The minimum absolute atomic E-state index is 1.21. The average molecular weight is 733 g/mol. The molecule has 0 aliphatic rings. The third kappa shape index (κ3) is 5.02. The SMILES string of the molecule is c1ccc2c(-c3ccc4c(-c5ccc(-c6cc7ccccc7c7ccccc67)cc5)c5ccccc5c(-c5cc6ccccc6c6ccccc56)c4c3)cccc2c1. The van der Waals surface area contributed by atoms with Gasteiger partial charge in [0.2, 0.25) is 0 Å². The summed E-state index contributed by atoms with van der Waals surface area (Å²) in [5, 5.41) is 17.7. The zero-order chi connectivity index (χ0) is 38.2. The van der Waals surface area contributed by atoms with E-state index in [9.17, 15) is 0 Å². The van der Waals surface area contributed by atoms with E-state index in [0.29, 0.717) is 0 Å². The van der Waals surface area contributed by atoms with Crippen LogP contribution in [0, 0.1) is 0 Å². The molecule has 0 saturated heterocycles. The van der Waals surface area contributed by atoms with Gasteiger partial charge in [-0.15, -0.1) is 0 Å². The molecule has 0 aliphatic carbocycles. The molecule has 0 saturated carbocycles. The minimum Gasteiger partial charge on any atom is -0.0616 e. The summed E-state index contributed by atoms with van der Waals surface area (Å²) < 4.78 is 0. The number of hydrogen-bond acceptors (Lipinski definition) is 0. The Balaban J connectivity index is 1.15. The van der Waals surface area contributed by atoms with E-state index >= 15 is 0 Å². The third-order valence-electron chi connectivity index (χ3n) is 12.4. The average Bonchev–Trinajstić information content (AvgIpc) is 3.30. The quantitative estimate of drug-likeness (QED) is 0.125. The highest BCUT2D eigenvalue weighted by molar-refractivity contribution is 6.26. The molecule has 0 amide bonds. The van der Waals surface area contributed by atoms with Crippen LogP contribution in [-0.2, 0) is 0 Å². The van der Waals surface area contributed by atoms with Gasteiger partial charge < -0.3 is 0 Å². The normalized spacial score (nSPS) is 11.8. The van der Waals surface area contributed by atoms with Gasteiger partial charge in [0, 0.05) is 0 Å². The van der Waals surface area contributed by atoms with Crippen LogP contribution >= 0.6 is 0 Å². The molecule has 0 heteroatoms. The molecule has 0 unspecified atom stereocenters. The van der Waals surface area contributed by atoms with Crippen LogP contribution < -0.4 is 0 Å². The van der Waals surface area contributed by atoms with Crippen molar-refractivity contribution in [3.05, 3.63) is 218 Å². The highest BCUT2D eigenvalue weighted by atomic mass is 14.2. The van der Waals surface area contributed by atoms with Crippen molar-refractivity contribution >= 4 is 75.4 Å². The van der Waals surface area contributed by atoms with Crippen LogP contribution in [0.15, 0.2) is 218 Å². The summed E-state index contributed by atoms with van der Waals surface area (Å²) in [7, 11) is 0. The molecular weight excluding hydrogens is 697 g/mol. The largest absolute Gasteiger partial charge is 0.0616 e. The topological polar surface area (TPSA) is 0 Å². The fourth-order valence-corrected chi connectivity index (χ4v) is 9.79. The van der Waals surface area contributed by atoms with Gasteiger partial charge in [-0.05, 0) is 138 Å². The van der Waals surface area contributed by atoms with Crippen molar-refractivity contribution in [3.8, 4) is 44.5 Å². The van der Waals surface area contributed by atoms with E-state index in [-0.39, 0.29) is 0 Å². The second-order valence-electron chi connectivity index (χ2n) is 15.5. The lowest BCUT2D eigenvalue weighted by molar-refractivity contribution is 1.64. The monoisotopic (exact) mass is 732 g/mol. The highest BCUT2D eigenvalue weighted by Gasteiger charge is 2.20. The first kappa shape index (κ1) is 32.7. The Bertz CT molecular complexity index is 3600. The maximum atomic E-state index is 2.46. The number of fused-ring (bicyclic) bond motifs is 9. The highest BCUT2D eigenvalue weighted by Crippen LogP contribution is 2.48. The molecule has 0 aliphatic heterocycles. The van der Waals surface area contributed by atoms with E-state index in [4.69, 9.17) is 0 Å². The van der Waals surface area contributed by atoms with E-state index in [0.717, 1.165) is 0 Å². The molecule has 268 valence electrons. The lowest BCUT2D eigenvalue weighted by Gasteiger charge is -2.21. The summed E-state index contributed by atoms with van der Waals surface area (Å²) in [5.74, 6) is 0. The van der Waals surface area contributed by atoms with Crippen LogP contribution in [0.5, 0.6) is 0 Å². The second kappa shape index (κ2) is 13.0. The van der Waals surface area contributed by atoms with Crippen LogP contribution in [0.4, 0.5) is 0 Å². The zero-order valence-electron chi connectivity index (χ0n) is 31.8. The Morgan fingerprint density at radius 3 is 1.26 bits per heavy atom. The van der Waals surface area contributed by atoms with E-state index in [1.165, 1.54) is 120 Å². The van der Waals surface area contributed by atoms with Gasteiger partial charge in [-0.3, -0.25) is 0 Å². The van der Waals surface area contributed by atoms with Gasteiger partial charge in [0.1, 0.15) is 0 Å². The Morgan fingerprint density at radius 2 is 0.603 bits per heavy atom. The molecule has 0 atom stereocenters. The van der Waals surface area contributed by atoms with E-state index in [2.05, 4.69) is 218 Å². The van der Waals surface area contributed by atoms with Crippen molar-refractivity contribution in [2.24, 2.45) is 0 Å². The fraction of sp³-hybridized carbons (Fsp3) is 0. The van der Waals surface area contributed by atoms with Gasteiger partial charge in [0.05, 0.1) is 0 Å². The predicted octanol–water partition coefficient (Wildman–Crippen LogP) is 16.4. The predicted molar refractivity (Wildman–Crippen MR) is 251 cm³/mol. The molecule has 0 bridgehead atoms. The first-order chi connectivity index (χ1) is 28.8. The maximum absolute atomic E-state index is 2.46. The molecule has 0 heterocycles. The molecule has 0 radical (unpaired) electrons. The van der Waals surface area contributed by atoms with Crippen LogP contribution in [0.2, 0.25) is 0 Å². The Labute approximate surface area is 336 Å². The lowest BCUT2D eigenvalue weighted by Crippen LogP contribution is -1.93. The van der Waals surface area contributed by atoms with Crippen LogP contribution in [-0.4, -0.2) is 0 Å². The van der Waals surface area contributed by atoms with E-state index < -0.39 is 0 Å². The van der Waals surface area contributed by atoms with Gasteiger partial charge in [-0.1, -0.05) is 200 Å². The van der Waals surface area contributed by atoms with Crippen molar-refractivity contribution < 1.29 is 0 Å². The first-order valence-electron chi connectivity index (χ1n) is 20.2. The molecular formula is C58H36. The number of hydrogen-bond donors (Lipinski definition) is 0. The minimum atomic E-state index is 1.21. The number of rotatable bonds is 4. The Morgan fingerprint density at radius 1 is 0.172 bits per heavy atom. The first-order valence-corrected chi connectivity index (χ1v) is 20.2. The van der Waals surface area contributed by atoms with E-state index in [1.54, 1.807) is 0 Å². The second-order valence-corrected chi connectivity index (χ2v) is 15.5. The molecule has 58 heavy (non-hydrogen) atoms. The summed E-state index contributed by atoms with van der Waals surface area (Å²) in [6, 6.07) is 81.0. The molecule has 0 aromatic heterocycles. The molecule has 0 N–H and O–H groups in total. The summed E-state index contributed by atoms with van der Waals surface area (Å²) >= 11 is 0. The molecule has 0 nitrogen and oxygen atoms in total. The van der Waals surface area contributed by atoms with Crippen LogP contribution in [0.1, 0.15) is 0 Å². The van der Waals surface area contributed by atoms with Crippen LogP contribution in [0.3, 0.4) is 0 Å². The summed E-state index contributed by atoms with van der Waals surface area (Å²) in [6.07, 6.45) is 0. The molecule has 12 aromatic carbocycles. The summed E-state index contributed by atoms with van der Waals surface area (Å²) in [6.45, 7) is 0. The van der Waals surface area contributed by atoms with Crippen molar-refractivity contribution in [3.63, 3.8) is 0 Å². The fourth-order valence-electron chi connectivity index (χ4n) is 9.79. The van der Waals surface area contributed by atoms with E-state index in [1.807, 2.05) is 0 Å². The molecule has 12 rings (SSSR count). The Kier molecular flexibility index (Phi) is 7.33. The van der Waals surface area contributed by atoms with Crippen molar-refractivity contribution in [2.75, 3.05) is 0 Å². The molecule has 0 fully saturated rings. The third-order valence-corrected chi connectivity index (χ3v) is 12.4. The van der Waals surface area contributed by atoms with Crippen molar-refractivity contribution in [2.45, 2.75) is 0 Å².